The molecule has 1 fully saturated rings. The van der Waals surface area contributed by atoms with Crippen LogP contribution in [-0.4, -0.2) is 29.1 Å². The lowest BCUT2D eigenvalue weighted by atomic mass is 9.77. The number of aromatic nitrogens is 2. The second-order valence-electron chi connectivity index (χ2n) is 5.93. The van der Waals surface area contributed by atoms with Gasteiger partial charge in [0.2, 0.25) is 0 Å². The molecule has 0 bridgehead atoms. The zero-order chi connectivity index (χ0) is 13.2. The van der Waals surface area contributed by atoms with Gasteiger partial charge < -0.3 is 10.6 Å². The van der Waals surface area contributed by atoms with Gasteiger partial charge in [0.1, 0.15) is 5.82 Å². The lowest BCUT2D eigenvalue weighted by molar-refractivity contribution is 0.188. The number of rotatable bonds is 3. The monoisotopic (exact) mass is 248 g/mol. The van der Waals surface area contributed by atoms with Crippen molar-refractivity contribution in [3.05, 3.63) is 17.6 Å². The Labute approximate surface area is 110 Å². The molecule has 1 aliphatic rings. The van der Waals surface area contributed by atoms with Gasteiger partial charge in [-0.3, -0.25) is 4.98 Å². The first-order valence-electron chi connectivity index (χ1n) is 6.76. The molecule has 1 atom stereocenters. The summed E-state index contributed by atoms with van der Waals surface area (Å²) in [5.74, 6) is 0.915. The Morgan fingerprint density at radius 1 is 1.44 bits per heavy atom. The Hall–Kier alpha value is -1.16. The van der Waals surface area contributed by atoms with E-state index in [9.17, 15) is 0 Å². The van der Waals surface area contributed by atoms with Crippen LogP contribution in [0.5, 0.6) is 0 Å². The average Bonchev–Trinajstić information content (AvgIpc) is 2.31. The minimum atomic E-state index is 0.344. The fourth-order valence-electron chi connectivity index (χ4n) is 2.52. The van der Waals surface area contributed by atoms with E-state index in [0.29, 0.717) is 11.5 Å². The highest BCUT2D eigenvalue weighted by atomic mass is 15.1. The Balaban J connectivity index is 2.00. The van der Waals surface area contributed by atoms with Gasteiger partial charge in [-0.25, -0.2) is 4.98 Å². The van der Waals surface area contributed by atoms with E-state index < -0.39 is 0 Å². The van der Waals surface area contributed by atoms with E-state index in [0.717, 1.165) is 30.3 Å². The summed E-state index contributed by atoms with van der Waals surface area (Å²) in [7, 11) is 0. The van der Waals surface area contributed by atoms with Crippen molar-refractivity contribution in [3.63, 3.8) is 0 Å². The smallest absolute Gasteiger partial charge is 0.147 e. The quantitative estimate of drug-likeness (QED) is 0.861. The normalized spacial score (nSPS) is 22.8. The molecule has 0 spiro atoms. The van der Waals surface area contributed by atoms with Crippen molar-refractivity contribution in [2.24, 2.45) is 5.41 Å². The van der Waals surface area contributed by atoms with Gasteiger partial charge in [-0.15, -0.1) is 0 Å². The number of anilines is 1. The molecular formula is C14H24N4. The first kappa shape index (κ1) is 13.3. The van der Waals surface area contributed by atoms with Gasteiger partial charge in [0, 0.05) is 18.8 Å². The molecule has 1 aromatic rings. The zero-order valence-electron chi connectivity index (χ0n) is 11.9. The SMILES string of the molecule is Cc1cnc(C)c(NCC2NCCCC2(C)C)n1. The highest BCUT2D eigenvalue weighted by Gasteiger charge is 2.31. The zero-order valence-corrected chi connectivity index (χ0v) is 11.9. The molecule has 1 aliphatic heterocycles. The van der Waals surface area contributed by atoms with Gasteiger partial charge in [-0.2, -0.15) is 0 Å². The van der Waals surface area contributed by atoms with Crippen molar-refractivity contribution in [1.82, 2.24) is 15.3 Å². The first-order chi connectivity index (χ1) is 8.49. The minimum Gasteiger partial charge on any atom is -0.367 e. The van der Waals surface area contributed by atoms with E-state index in [1.165, 1.54) is 12.8 Å². The van der Waals surface area contributed by atoms with Gasteiger partial charge in [0.05, 0.1) is 11.4 Å². The number of hydrogen-bond acceptors (Lipinski definition) is 4. The van der Waals surface area contributed by atoms with Crippen LogP contribution in [0.1, 0.15) is 38.1 Å². The standard InChI is InChI=1S/C14H24N4/c1-10-8-16-11(2)13(18-10)17-9-12-14(3,4)6-5-7-15-12/h8,12,15H,5-7,9H2,1-4H3,(H,17,18). The molecule has 18 heavy (non-hydrogen) atoms. The van der Waals surface area contributed by atoms with Crippen molar-refractivity contribution in [2.45, 2.75) is 46.6 Å². The predicted molar refractivity (Wildman–Crippen MR) is 74.8 cm³/mol. The van der Waals surface area contributed by atoms with E-state index in [2.05, 4.69) is 34.4 Å². The molecule has 1 aromatic heterocycles. The molecule has 1 saturated heterocycles. The van der Waals surface area contributed by atoms with Gasteiger partial charge in [0.15, 0.2) is 0 Å². The summed E-state index contributed by atoms with van der Waals surface area (Å²) in [4.78, 5) is 8.84. The van der Waals surface area contributed by atoms with Crippen LogP contribution >= 0.6 is 0 Å². The summed E-state index contributed by atoms with van der Waals surface area (Å²) in [6, 6.07) is 0.493. The molecule has 2 heterocycles. The van der Waals surface area contributed by atoms with Crippen molar-refractivity contribution in [3.8, 4) is 0 Å². The number of aryl methyl sites for hydroxylation is 2. The van der Waals surface area contributed by atoms with Crippen LogP contribution in [0.3, 0.4) is 0 Å². The van der Waals surface area contributed by atoms with Crippen LogP contribution in [0, 0.1) is 19.3 Å². The molecule has 0 amide bonds. The summed E-state index contributed by atoms with van der Waals surface area (Å²) in [5.41, 5.74) is 2.27. The van der Waals surface area contributed by atoms with Crippen LogP contribution < -0.4 is 10.6 Å². The lowest BCUT2D eigenvalue weighted by Crippen LogP contribution is -2.50. The maximum Gasteiger partial charge on any atom is 0.147 e. The second-order valence-corrected chi connectivity index (χ2v) is 5.93. The summed E-state index contributed by atoms with van der Waals surface area (Å²) >= 11 is 0. The van der Waals surface area contributed by atoms with Crippen LogP contribution in [-0.2, 0) is 0 Å². The molecule has 2 rings (SSSR count). The van der Waals surface area contributed by atoms with Crippen molar-refractivity contribution >= 4 is 5.82 Å². The highest BCUT2D eigenvalue weighted by molar-refractivity contribution is 5.39. The predicted octanol–water partition coefficient (Wildman–Crippen LogP) is 2.28. The van der Waals surface area contributed by atoms with E-state index in [-0.39, 0.29) is 0 Å². The second kappa shape index (κ2) is 5.22. The molecule has 0 radical (unpaired) electrons. The highest BCUT2D eigenvalue weighted by Crippen LogP contribution is 2.30. The van der Waals surface area contributed by atoms with Crippen LogP contribution in [0.2, 0.25) is 0 Å². The molecule has 100 valence electrons. The molecule has 0 saturated carbocycles. The maximum atomic E-state index is 4.50. The third-order valence-electron chi connectivity index (χ3n) is 3.88. The Kier molecular flexibility index (Phi) is 3.85. The molecule has 2 N–H and O–H groups in total. The fraction of sp³-hybridized carbons (Fsp3) is 0.714. The topological polar surface area (TPSA) is 49.8 Å². The minimum absolute atomic E-state index is 0.344. The molecule has 4 heteroatoms. The van der Waals surface area contributed by atoms with E-state index in [4.69, 9.17) is 0 Å². The molecule has 0 aliphatic carbocycles. The Morgan fingerprint density at radius 3 is 2.94 bits per heavy atom. The van der Waals surface area contributed by atoms with Crippen LogP contribution in [0.15, 0.2) is 6.20 Å². The van der Waals surface area contributed by atoms with Gasteiger partial charge >= 0.3 is 0 Å². The number of nitrogens with one attached hydrogen (secondary N) is 2. The third kappa shape index (κ3) is 2.99. The Morgan fingerprint density at radius 2 is 2.22 bits per heavy atom. The van der Waals surface area contributed by atoms with Gasteiger partial charge in [0.25, 0.3) is 0 Å². The van der Waals surface area contributed by atoms with Crippen molar-refractivity contribution < 1.29 is 0 Å². The molecule has 0 aromatic carbocycles. The summed E-state index contributed by atoms with van der Waals surface area (Å²) < 4.78 is 0. The van der Waals surface area contributed by atoms with Gasteiger partial charge in [-0.05, 0) is 38.6 Å². The van der Waals surface area contributed by atoms with Crippen molar-refractivity contribution in [2.75, 3.05) is 18.4 Å². The molecule has 1 unspecified atom stereocenters. The fourth-order valence-corrected chi connectivity index (χ4v) is 2.52. The third-order valence-corrected chi connectivity index (χ3v) is 3.88. The van der Waals surface area contributed by atoms with Crippen LogP contribution in [0.25, 0.3) is 0 Å². The maximum absolute atomic E-state index is 4.50. The summed E-state index contributed by atoms with van der Waals surface area (Å²) in [5, 5.41) is 7.05. The summed E-state index contributed by atoms with van der Waals surface area (Å²) in [6.07, 6.45) is 4.36. The van der Waals surface area contributed by atoms with Gasteiger partial charge in [-0.1, -0.05) is 13.8 Å². The Bertz CT molecular complexity index is 414. The van der Waals surface area contributed by atoms with E-state index in [1.807, 2.05) is 20.0 Å². The lowest BCUT2D eigenvalue weighted by Gasteiger charge is -2.39. The number of piperidine rings is 1. The molecule has 4 nitrogen and oxygen atoms in total. The largest absolute Gasteiger partial charge is 0.367 e. The van der Waals surface area contributed by atoms with Crippen LogP contribution in [0.4, 0.5) is 5.82 Å². The van der Waals surface area contributed by atoms with E-state index >= 15 is 0 Å². The number of hydrogen-bond donors (Lipinski definition) is 2. The van der Waals surface area contributed by atoms with Crippen molar-refractivity contribution in [1.29, 1.82) is 0 Å². The van der Waals surface area contributed by atoms with E-state index in [1.54, 1.807) is 0 Å². The first-order valence-corrected chi connectivity index (χ1v) is 6.76. The number of nitrogens with zero attached hydrogens (tertiary/aromatic N) is 2. The molecular weight excluding hydrogens is 224 g/mol. The summed E-state index contributed by atoms with van der Waals surface area (Å²) in [6.45, 7) is 10.7. The average molecular weight is 248 g/mol.